The zero-order chi connectivity index (χ0) is 28.7. The summed E-state index contributed by atoms with van der Waals surface area (Å²) < 4.78 is 27.4. The minimum Gasteiger partial charge on any atom is -0.478 e. The topological polar surface area (TPSA) is 107 Å². The number of amides is 2. The molecule has 0 radical (unpaired) electrons. The fourth-order valence-corrected chi connectivity index (χ4v) is 3.86. The normalized spacial score (nSPS) is 11.4. The van der Waals surface area contributed by atoms with Gasteiger partial charge in [-0.15, -0.1) is 0 Å². The van der Waals surface area contributed by atoms with Crippen LogP contribution < -0.4 is 15.4 Å². The van der Waals surface area contributed by atoms with Crippen LogP contribution in [-0.2, 0) is 4.74 Å². The highest BCUT2D eigenvalue weighted by atomic mass is 19.1. The molecule has 2 amide bonds. The van der Waals surface area contributed by atoms with Gasteiger partial charge in [-0.2, -0.15) is 0 Å². The molecule has 0 bridgehead atoms. The number of carbonyl (C=O) groups excluding carboxylic acids is 2. The maximum Gasteiger partial charge on any atom is 0.274 e. The fourth-order valence-electron chi connectivity index (χ4n) is 3.86. The van der Waals surface area contributed by atoms with E-state index in [1.165, 1.54) is 18.3 Å². The molecule has 3 heterocycles. The van der Waals surface area contributed by atoms with Crippen LogP contribution >= 0.6 is 0 Å². The van der Waals surface area contributed by atoms with Crippen LogP contribution in [0.2, 0.25) is 0 Å². The number of anilines is 1. The highest BCUT2D eigenvalue weighted by molar-refractivity contribution is 6.04. The summed E-state index contributed by atoms with van der Waals surface area (Å²) in [6, 6.07) is 11.2. The van der Waals surface area contributed by atoms with Crippen molar-refractivity contribution in [3.63, 3.8) is 0 Å². The van der Waals surface area contributed by atoms with Crippen molar-refractivity contribution >= 4 is 23.1 Å². The molecule has 4 rings (SSSR count). The highest BCUT2D eigenvalue weighted by Crippen LogP contribution is 2.23. The van der Waals surface area contributed by atoms with Crippen molar-refractivity contribution < 1.29 is 23.5 Å². The number of hydrogen-bond donors (Lipinski definition) is 2. The molecule has 0 unspecified atom stereocenters. The van der Waals surface area contributed by atoms with Crippen molar-refractivity contribution in [1.29, 1.82) is 0 Å². The molecule has 0 spiro atoms. The first-order valence-corrected chi connectivity index (χ1v) is 13.2. The SMILES string of the molecule is CCCCOc1ccc(-c2ccn3c(C(=O)Nc4cc(C(=O)NCCOC(C)(C)C)ccc4F)cnc3c2)cn1. The lowest BCUT2D eigenvalue weighted by atomic mass is 10.1. The number of pyridine rings is 2. The summed E-state index contributed by atoms with van der Waals surface area (Å²) in [4.78, 5) is 34.3. The van der Waals surface area contributed by atoms with E-state index in [0.717, 1.165) is 30.0 Å². The second kappa shape index (κ2) is 12.7. The van der Waals surface area contributed by atoms with Gasteiger partial charge in [0.25, 0.3) is 11.8 Å². The number of fused-ring (bicyclic) bond motifs is 1. The summed E-state index contributed by atoms with van der Waals surface area (Å²) in [6.45, 7) is 9.14. The molecule has 0 saturated heterocycles. The summed E-state index contributed by atoms with van der Waals surface area (Å²) >= 11 is 0. The molecule has 4 aromatic rings. The molecule has 0 aliphatic rings. The molecular weight excluding hydrogens is 513 g/mol. The Kier molecular flexibility index (Phi) is 9.11. The van der Waals surface area contributed by atoms with Crippen molar-refractivity contribution in [3.05, 3.63) is 78.1 Å². The van der Waals surface area contributed by atoms with Crippen LogP contribution in [0.1, 0.15) is 61.4 Å². The Morgan fingerprint density at radius 1 is 0.975 bits per heavy atom. The van der Waals surface area contributed by atoms with E-state index in [1.807, 2.05) is 45.0 Å². The number of carbonyl (C=O) groups is 2. The number of rotatable bonds is 11. The number of halogens is 1. The lowest BCUT2D eigenvalue weighted by Gasteiger charge is -2.19. The molecule has 3 aromatic heterocycles. The number of benzene rings is 1. The van der Waals surface area contributed by atoms with Gasteiger partial charge in [0.05, 0.1) is 30.7 Å². The Morgan fingerprint density at radius 2 is 1.80 bits per heavy atom. The molecule has 210 valence electrons. The van der Waals surface area contributed by atoms with Crippen LogP contribution in [0.4, 0.5) is 10.1 Å². The minimum atomic E-state index is -0.660. The Labute approximate surface area is 232 Å². The van der Waals surface area contributed by atoms with Gasteiger partial charge in [0.2, 0.25) is 5.88 Å². The molecule has 0 aliphatic heterocycles. The van der Waals surface area contributed by atoms with E-state index < -0.39 is 17.6 Å². The van der Waals surface area contributed by atoms with Gasteiger partial charge >= 0.3 is 0 Å². The lowest BCUT2D eigenvalue weighted by Crippen LogP contribution is -2.30. The van der Waals surface area contributed by atoms with Crippen molar-refractivity contribution in [1.82, 2.24) is 19.7 Å². The van der Waals surface area contributed by atoms with Crippen LogP contribution in [0.3, 0.4) is 0 Å². The molecular formula is C30H34FN5O4. The van der Waals surface area contributed by atoms with Gasteiger partial charge in [0.15, 0.2) is 0 Å². The van der Waals surface area contributed by atoms with Crippen molar-refractivity contribution in [2.75, 3.05) is 25.1 Å². The van der Waals surface area contributed by atoms with Gasteiger partial charge in [-0.25, -0.2) is 14.4 Å². The molecule has 0 fully saturated rings. The number of aromatic nitrogens is 3. The van der Waals surface area contributed by atoms with E-state index in [4.69, 9.17) is 9.47 Å². The van der Waals surface area contributed by atoms with Gasteiger partial charge < -0.3 is 20.1 Å². The fraction of sp³-hybridized carbons (Fsp3) is 0.333. The Balaban J connectivity index is 1.43. The summed E-state index contributed by atoms with van der Waals surface area (Å²) in [5, 5.41) is 5.29. The molecule has 0 saturated carbocycles. The van der Waals surface area contributed by atoms with Crippen LogP contribution in [0.15, 0.2) is 61.1 Å². The first-order valence-electron chi connectivity index (χ1n) is 13.2. The summed E-state index contributed by atoms with van der Waals surface area (Å²) in [5.41, 5.74) is 2.29. The smallest absolute Gasteiger partial charge is 0.274 e. The zero-order valence-electron chi connectivity index (χ0n) is 23.2. The Hall–Kier alpha value is -4.31. The number of ether oxygens (including phenoxy) is 2. The van der Waals surface area contributed by atoms with Gasteiger partial charge in [-0.05, 0) is 69.2 Å². The largest absolute Gasteiger partial charge is 0.478 e. The van der Waals surface area contributed by atoms with Crippen LogP contribution in [0, 0.1) is 5.82 Å². The molecule has 40 heavy (non-hydrogen) atoms. The van der Waals surface area contributed by atoms with Gasteiger partial charge in [0, 0.05) is 36.1 Å². The van der Waals surface area contributed by atoms with Crippen molar-refractivity contribution in [2.24, 2.45) is 0 Å². The van der Waals surface area contributed by atoms with Gasteiger partial charge in [0.1, 0.15) is 17.2 Å². The third kappa shape index (κ3) is 7.41. The molecule has 2 N–H and O–H groups in total. The maximum atomic E-state index is 14.5. The van der Waals surface area contributed by atoms with Crippen molar-refractivity contribution in [3.8, 4) is 17.0 Å². The zero-order valence-corrected chi connectivity index (χ0v) is 23.2. The molecule has 0 aliphatic carbocycles. The monoisotopic (exact) mass is 547 g/mol. The summed E-state index contributed by atoms with van der Waals surface area (Å²) in [5.74, 6) is -1.05. The average molecular weight is 548 g/mol. The number of nitrogens with one attached hydrogen (secondary N) is 2. The van der Waals surface area contributed by atoms with E-state index in [9.17, 15) is 14.0 Å². The first-order chi connectivity index (χ1) is 19.1. The lowest BCUT2D eigenvalue weighted by molar-refractivity contribution is -0.000655. The van der Waals surface area contributed by atoms with E-state index in [0.29, 0.717) is 31.3 Å². The second-order valence-corrected chi connectivity index (χ2v) is 10.2. The highest BCUT2D eigenvalue weighted by Gasteiger charge is 2.17. The minimum absolute atomic E-state index is 0.109. The Bertz CT molecular complexity index is 1480. The number of unbranched alkanes of at least 4 members (excludes halogenated alkanes) is 1. The third-order valence-electron chi connectivity index (χ3n) is 5.96. The first kappa shape index (κ1) is 28.7. The maximum absolute atomic E-state index is 14.5. The third-order valence-corrected chi connectivity index (χ3v) is 5.96. The van der Waals surface area contributed by atoms with E-state index in [2.05, 4.69) is 27.5 Å². The Morgan fingerprint density at radius 3 is 2.52 bits per heavy atom. The number of hydrogen-bond acceptors (Lipinski definition) is 6. The van der Waals surface area contributed by atoms with Crippen LogP contribution in [0.25, 0.3) is 16.8 Å². The van der Waals surface area contributed by atoms with E-state index in [1.54, 1.807) is 16.8 Å². The summed E-state index contributed by atoms with van der Waals surface area (Å²) in [7, 11) is 0. The quantitative estimate of drug-likeness (QED) is 0.240. The predicted molar refractivity (Wildman–Crippen MR) is 151 cm³/mol. The average Bonchev–Trinajstić information content (AvgIpc) is 3.36. The van der Waals surface area contributed by atoms with Crippen molar-refractivity contribution in [2.45, 2.75) is 46.1 Å². The molecule has 1 aromatic carbocycles. The summed E-state index contributed by atoms with van der Waals surface area (Å²) in [6.07, 6.45) is 6.89. The van der Waals surface area contributed by atoms with Crippen LogP contribution in [-0.4, -0.2) is 51.5 Å². The second-order valence-electron chi connectivity index (χ2n) is 10.2. The number of nitrogens with zero attached hydrogens (tertiary/aromatic N) is 3. The predicted octanol–water partition coefficient (Wildman–Crippen LogP) is 5.51. The standard InChI is InChI=1S/C30H34FN5O4/c1-5-6-14-39-27-10-8-22(18-34-27)20-11-13-36-25(19-33-26(36)17-20)29(38)35-24-16-21(7-9-23(24)31)28(37)32-12-15-40-30(2,3)4/h7-11,13,16-19H,5-6,12,14-15H2,1-4H3,(H,32,37)(H,35,38). The van der Waals surface area contributed by atoms with E-state index >= 15 is 0 Å². The van der Waals surface area contributed by atoms with Crippen LogP contribution in [0.5, 0.6) is 5.88 Å². The van der Waals surface area contributed by atoms with Gasteiger partial charge in [-0.3, -0.25) is 14.0 Å². The van der Waals surface area contributed by atoms with E-state index in [-0.39, 0.29) is 22.5 Å². The molecule has 9 nitrogen and oxygen atoms in total. The number of imidazole rings is 1. The van der Waals surface area contributed by atoms with Gasteiger partial charge in [-0.1, -0.05) is 13.3 Å². The molecule has 10 heteroatoms. The molecule has 0 atom stereocenters.